The van der Waals surface area contributed by atoms with Crippen LogP contribution in [-0.4, -0.2) is 29.2 Å². The summed E-state index contributed by atoms with van der Waals surface area (Å²) in [6.45, 7) is 3.82. The number of nitrogens with one attached hydrogen (secondary N) is 1. The number of hydrogen-bond donors (Lipinski definition) is 1. The van der Waals surface area contributed by atoms with Gasteiger partial charge in [-0.05, 0) is 24.3 Å². The van der Waals surface area contributed by atoms with Crippen LogP contribution in [0.3, 0.4) is 0 Å². The van der Waals surface area contributed by atoms with Crippen molar-refractivity contribution in [2.45, 2.75) is 4.90 Å². The lowest BCUT2D eigenvalue weighted by Gasteiger charge is -2.14. The smallest absolute Gasteiger partial charge is 0.262 e. The second-order valence-electron chi connectivity index (χ2n) is 4.61. The molecule has 0 saturated heterocycles. The van der Waals surface area contributed by atoms with E-state index in [1.165, 1.54) is 38.5 Å². The molecule has 0 fully saturated rings. The zero-order valence-corrected chi connectivity index (χ0v) is 14.8. The number of sulfonamides is 1. The number of methoxy groups -OCH3 is 2. The molecule has 0 amide bonds. The number of benzene rings is 2. The second-order valence-corrected chi connectivity index (χ2v) is 6.70. The first kappa shape index (κ1) is 18.1. The highest BCUT2D eigenvalue weighted by Gasteiger charge is 2.18. The first-order valence-electron chi connectivity index (χ1n) is 6.87. The number of rotatable bonds is 7. The predicted molar refractivity (Wildman–Crippen MR) is 92.7 cm³/mol. The van der Waals surface area contributed by atoms with E-state index < -0.39 is 10.0 Å². The van der Waals surface area contributed by atoms with Crippen LogP contribution in [0.15, 0.2) is 41.3 Å². The summed E-state index contributed by atoms with van der Waals surface area (Å²) in [6.07, 6.45) is 0. The Morgan fingerprint density at radius 1 is 1.08 bits per heavy atom. The minimum absolute atomic E-state index is 0.0786. The summed E-state index contributed by atoms with van der Waals surface area (Å²) in [5.41, 5.74) is 0.219. The van der Waals surface area contributed by atoms with Crippen molar-refractivity contribution in [1.82, 2.24) is 0 Å². The van der Waals surface area contributed by atoms with Crippen LogP contribution in [-0.2, 0) is 10.0 Å². The van der Waals surface area contributed by atoms with Crippen molar-refractivity contribution >= 4 is 27.3 Å². The maximum absolute atomic E-state index is 12.5. The van der Waals surface area contributed by atoms with E-state index in [4.69, 9.17) is 25.8 Å². The number of hydrogen-bond acceptors (Lipinski definition) is 5. The largest absolute Gasteiger partial charge is 0.495 e. The molecule has 2 rings (SSSR count). The number of ether oxygens (including phenoxy) is 3. The van der Waals surface area contributed by atoms with Gasteiger partial charge >= 0.3 is 0 Å². The van der Waals surface area contributed by atoms with Gasteiger partial charge in [-0.25, -0.2) is 8.42 Å². The molecule has 0 spiro atoms. The maximum Gasteiger partial charge on any atom is 0.262 e. The van der Waals surface area contributed by atoms with Crippen LogP contribution in [0.4, 0.5) is 5.69 Å². The normalized spacial score (nSPS) is 11.0. The van der Waals surface area contributed by atoms with Crippen molar-refractivity contribution in [3.05, 3.63) is 48.3 Å². The fraction of sp³-hybridized carbons (Fsp3) is 0.188. The molecule has 0 aliphatic carbocycles. The van der Waals surface area contributed by atoms with Gasteiger partial charge in [0.05, 0.1) is 29.8 Å². The second kappa shape index (κ2) is 7.55. The van der Waals surface area contributed by atoms with Crippen molar-refractivity contribution in [2.75, 3.05) is 25.5 Å². The molecular formula is C16H17ClNO5S+. The molecule has 2 aromatic carbocycles. The summed E-state index contributed by atoms with van der Waals surface area (Å²) in [6, 6.07) is 8.92. The topological polar surface area (TPSA) is 73.9 Å². The molecule has 0 saturated carbocycles. The monoisotopic (exact) mass is 370 g/mol. The van der Waals surface area contributed by atoms with E-state index in [2.05, 4.69) is 11.6 Å². The van der Waals surface area contributed by atoms with E-state index in [0.717, 1.165) is 0 Å². The molecule has 0 aromatic heterocycles. The van der Waals surface area contributed by atoms with Crippen molar-refractivity contribution < 1.29 is 22.6 Å². The molecule has 1 N–H and O–H groups in total. The van der Waals surface area contributed by atoms with E-state index >= 15 is 0 Å². The highest BCUT2D eigenvalue weighted by Crippen LogP contribution is 2.37. The molecular weight excluding hydrogens is 354 g/mol. The van der Waals surface area contributed by atoms with Gasteiger partial charge in [0.25, 0.3) is 10.0 Å². The lowest BCUT2D eigenvalue weighted by atomic mass is 10.3. The quantitative estimate of drug-likeness (QED) is 0.756. The zero-order valence-electron chi connectivity index (χ0n) is 13.2. The molecule has 0 bridgehead atoms. The van der Waals surface area contributed by atoms with Gasteiger partial charge < -0.3 is 14.2 Å². The van der Waals surface area contributed by atoms with Gasteiger partial charge in [-0.3, -0.25) is 4.72 Å². The molecule has 8 heteroatoms. The third-order valence-corrected chi connectivity index (χ3v) is 4.80. The Balaban J connectivity index is 2.34. The molecule has 6 nitrogen and oxygen atoms in total. The van der Waals surface area contributed by atoms with Crippen molar-refractivity contribution in [2.24, 2.45) is 0 Å². The summed E-state index contributed by atoms with van der Waals surface area (Å²) in [4.78, 5) is 0.0786. The van der Waals surface area contributed by atoms with Crippen LogP contribution in [0, 0.1) is 6.92 Å². The van der Waals surface area contributed by atoms with Crippen LogP contribution in [0.5, 0.6) is 17.2 Å². The molecule has 0 atom stereocenters. The van der Waals surface area contributed by atoms with E-state index in [0.29, 0.717) is 16.5 Å². The lowest BCUT2D eigenvalue weighted by molar-refractivity contribution is 0.361. The third-order valence-electron chi connectivity index (χ3n) is 3.12. The Morgan fingerprint density at radius 2 is 1.71 bits per heavy atom. The molecule has 0 radical (unpaired) electrons. The fourth-order valence-corrected chi connectivity index (χ4v) is 3.27. The molecule has 0 unspecified atom stereocenters. The number of anilines is 1. The standard InChI is InChI=1S/C16H17ClNO5S/c1-4-23-11-5-7-12(8-6-11)24(19,20)18-14-10-15(21-2)13(17)9-16(14)22-3/h5-10,18H,1,4H2,2-3H3/q+1. The lowest BCUT2D eigenvalue weighted by Crippen LogP contribution is -2.13. The van der Waals surface area contributed by atoms with Gasteiger partial charge in [-0.2, -0.15) is 0 Å². The Kier molecular flexibility index (Phi) is 5.69. The molecule has 24 heavy (non-hydrogen) atoms. The minimum Gasteiger partial charge on any atom is -0.495 e. The van der Waals surface area contributed by atoms with E-state index in [9.17, 15) is 8.42 Å². The Hall–Kier alpha value is -2.25. The highest BCUT2D eigenvalue weighted by molar-refractivity contribution is 7.92. The minimum atomic E-state index is -3.82. The molecule has 0 heterocycles. The van der Waals surface area contributed by atoms with Crippen LogP contribution in [0.2, 0.25) is 5.02 Å². The number of halogens is 1. The molecule has 0 aliphatic rings. The first-order valence-corrected chi connectivity index (χ1v) is 8.74. The average Bonchev–Trinajstić information content (AvgIpc) is 2.56. The van der Waals surface area contributed by atoms with Gasteiger partial charge in [-0.1, -0.05) is 11.6 Å². The first-order chi connectivity index (χ1) is 11.4. The third kappa shape index (κ3) is 3.98. The van der Waals surface area contributed by atoms with E-state index in [1.807, 2.05) is 0 Å². The van der Waals surface area contributed by atoms with E-state index in [1.54, 1.807) is 12.1 Å². The summed E-state index contributed by atoms with van der Waals surface area (Å²) >= 11 is 6.01. The zero-order chi connectivity index (χ0) is 17.7. The van der Waals surface area contributed by atoms with Gasteiger partial charge in [0.15, 0.2) is 0 Å². The van der Waals surface area contributed by atoms with Crippen molar-refractivity contribution in [3.8, 4) is 17.2 Å². The van der Waals surface area contributed by atoms with Crippen LogP contribution < -0.4 is 18.9 Å². The van der Waals surface area contributed by atoms with E-state index in [-0.39, 0.29) is 22.9 Å². The summed E-state index contributed by atoms with van der Waals surface area (Å²) < 4.78 is 43.0. The average molecular weight is 371 g/mol. The molecule has 128 valence electrons. The maximum atomic E-state index is 12.5. The summed E-state index contributed by atoms with van der Waals surface area (Å²) in [7, 11) is -0.960. The van der Waals surface area contributed by atoms with Crippen molar-refractivity contribution in [1.29, 1.82) is 0 Å². The summed E-state index contributed by atoms with van der Waals surface area (Å²) in [5, 5.41) is 0.312. The van der Waals surface area contributed by atoms with Crippen molar-refractivity contribution in [3.63, 3.8) is 0 Å². The molecule has 0 aliphatic heterocycles. The fourth-order valence-electron chi connectivity index (χ4n) is 1.98. The van der Waals surface area contributed by atoms with Crippen LogP contribution in [0.1, 0.15) is 0 Å². The van der Waals surface area contributed by atoms with Gasteiger partial charge in [0, 0.05) is 12.1 Å². The predicted octanol–water partition coefficient (Wildman–Crippen LogP) is 3.37. The Labute approximate surface area is 146 Å². The van der Waals surface area contributed by atoms with Crippen LogP contribution in [0.25, 0.3) is 0 Å². The van der Waals surface area contributed by atoms with Crippen LogP contribution >= 0.6 is 11.6 Å². The highest BCUT2D eigenvalue weighted by atomic mass is 35.5. The molecule has 2 aromatic rings. The Morgan fingerprint density at radius 3 is 2.25 bits per heavy atom. The van der Waals surface area contributed by atoms with Gasteiger partial charge in [-0.15, -0.1) is 0 Å². The van der Waals surface area contributed by atoms with Gasteiger partial charge in [0.1, 0.15) is 24.2 Å². The van der Waals surface area contributed by atoms with Gasteiger partial charge in [0.2, 0.25) is 6.61 Å². The Bertz CT molecular complexity index is 806. The SMILES string of the molecule is [CH2+]COc1ccc(S(=O)(=O)Nc2cc(OC)c(Cl)cc2OC)cc1. The summed E-state index contributed by atoms with van der Waals surface area (Å²) in [5.74, 6) is 1.14.